The Morgan fingerprint density at radius 3 is 1.24 bits per heavy atom. The standard InChI is InChI=1S/2C22H25.C2H6Si.2ClH.Zr/c2*1-6-15(3)19-12-18-8-7-9-20(22(18)13-19)21-11-14(2)10-16(4)17(21)5;1-3-2;;;/h2*7-13,15H,6H2,1-5H3;1-2H3;2*1H;/q2*-1;;;;+4/p-2. The zero-order valence-corrected chi connectivity index (χ0v) is 37.4. The fraction of sp³-hybridized carbons (Fsp3) is 0.348. The first-order chi connectivity index (χ1) is 23.8. The molecular weight excluding hydrogens is 743 g/mol. The van der Waals surface area contributed by atoms with Gasteiger partial charge in [0.2, 0.25) is 0 Å². The van der Waals surface area contributed by atoms with E-state index in [-0.39, 0.29) is 0 Å². The van der Waals surface area contributed by atoms with Crippen LogP contribution in [0.2, 0.25) is 13.1 Å². The van der Waals surface area contributed by atoms with Crippen molar-refractivity contribution in [2.75, 3.05) is 0 Å². The summed E-state index contributed by atoms with van der Waals surface area (Å²) in [6.45, 7) is 26.7. The second-order valence-electron chi connectivity index (χ2n) is 13.9. The van der Waals surface area contributed by atoms with E-state index in [4.69, 9.17) is 17.0 Å². The summed E-state index contributed by atoms with van der Waals surface area (Å²) in [6, 6.07) is 32.1. The van der Waals surface area contributed by atoms with Crippen LogP contribution in [0.25, 0.3) is 43.8 Å². The molecule has 0 saturated heterocycles. The van der Waals surface area contributed by atoms with Crippen molar-refractivity contribution in [2.45, 2.75) is 107 Å². The molecule has 0 aromatic heterocycles. The molecule has 6 aromatic carbocycles. The van der Waals surface area contributed by atoms with Crippen LogP contribution in [-0.2, 0) is 20.8 Å². The minimum absolute atomic E-state index is 0.626. The Kier molecular flexibility index (Phi) is 17.0. The van der Waals surface area contributed by atoms with Crippen LogP contribution >= 0.6 is 17.0 Å². The summed E-state index contributed by atoms with van der Waals surface area (Å²) in [5, 5.41) is 5.52. The molecule has 0 fully saturated rings. The second-order valence-corrected chi connectivity index (χ2v) is 18.6. The first-order valence-electron chi connectivity index (χ1n) is 17.9. The van der Waals surface area contributed by atoms with Gasteiger partial charge < -0.3 is 0 Å². The van der Waals surface area contributed by atoms with E-state index in [9.17, 15) is 0 Å². The Morgan fingerprint density at radius 2 is 0.920 bits per heavy atom. The molecule has 0 aliphatic rings. The average molecular weight is 799 g/mol. The zero-order chi connectivity index (χ0) is 37.1. The van der Waals surface area contributed by atoms with Gasteiger partial charge in [0.15, 0.2) is 0 Å². The van der Waals surface area contributed by atoms with Gasteiger partial charge in [-0.1, -0.05) is 112 Å². The van der Waals surface area contributed by atoms with Crippen molar-refractivity contribution in [2.24, 2.45) is 0 Å². The van der Waals surface area contributed by atoms with Gasteiger partial charge in [-0.2, -0.15) is 12.1 Å². The third-order valence-electron chi connectivity index (χ3n) is 10.1. The van der Waals surface area contributed by atoms with Gasteiger partial charge in [0.05, 0.1) is 0 Å². The number of fused-ring (bicyclic) bond motifs is 2. The van der Waals surface area contributed by atoms with Crippen molar-refractivity contribution in [1.29, 1.82) is 0 Å². The summed E-state index contributed by atoms with van der Waals surface area (Å²) in [6.07, 6.45) is 2.38. The summed E-state index contributed by atoms with van der Waals surface area (Å²) in [4.78, 5) is 0. The van der Waals surface area contributed by atoms with E-state index >= 15 is 0 Å². The van der Waals surface area contributed by atoms with E-state index in [1.54, 1.807) is 0 Å². The van der Waals surface area contributed by atoms with Crippen molar-refractivity contribution in [3.8, 4) is 22.3 Å². The van der Waals surface area contributed by atoms with E-state index in [0.29, 0.717) is 11.8 Å². The normalized spacial score (nSPS) is 11.8. The molecule has 0 spiro atoms. The van der Waals surface area contributed by atoms with E-state index < -0.39 is 20.8 Å². The molecule has 0 N–H and O–H groups in total. The predicted octanol–water partition coefficient (Wildman–Crippen LogP) is 15.5. The molecule has 6 aromatic rings. The molecule has 50 heavy (non-hydrogen) atoms. The number of rotatable bonds is 6. The topological polar surface area (TPSA) is 0 Å². The molecule has 0 nitrogen and oxygen atoms in total. The first-order valence-corrected chi connectivity index (χ1v) is 26.3. The van der Waals surface area contributed by atoms with E-state index in [2.05, 4.69) is 167 Å². The van der Waals surface area contributed by atoms with Crippen LogP contribution in [0.5, 0.6) is 0 Å². The fourth-order valence-corrected chi connectivity index (χ4v) is 6.67. The number of benzene rings is 4. The molecule has 6 rings (SSSR count). The van der Waals surface area contributed by atoms with Crippen molar-refractivity contribution in [3.05, 3.63) is 129 Å². The average Bonchev–Trinajstić information content (AvgIpc) is 3.73. The Balaban J connectivity index is 0.000000234. The van der Waals surface area contributed by atoms with Gasteiger partial charge in [0, 0.05) is 9.52 Å². The quantitative estimate of drug-likeness (QED) is 0.116. The Hall–Kier alpha value is -2.22. The molecule has 2 radical (unpaired) electrons. The second kappa shape index (κ2) is 20.1. The molecule has 0 saturated carbocycles. The van der Waals surface area contributed by atoms with Gasteiger partial charge in [-0.15, -0.1) is 69.1 Å². The van der Waals surface area contributed by atoms with Crippen molar-refractivity contribution < 1.29 is 20.8 Å². The number of hydrogen-bond donors (Lipinski definition) is 0. The van der Waals surface area contributed by atoms with E-state index in [1.807, 2.05) is 0 Å². The minimum atomic E-state index is -0.826. The molecule has 0 aliphatic carbocycles. The van der Waals surface area contributed by atoms with Crippen molar-refractivity contribution in [3.63, 3.8) is 0 Å². The number of aryl methyl sites for hydroxylation is 4. The van der Waals surface area contributed by atoms with Gasteiger partial charge in [-0.05, 0) is 86.8 Å². The van der Waals surface area contributed by atoms with Crippen LogP contribution in [0.4, 0.5) is 0 Å². The third kappa shape index (κ3) is 10.4. The van der Waals surface area contributed by atoms with Crippen molar-refractivity contribution >= 4 is 48.1 Å². The van der Waals surface area contributed by atoms with E-state index in [0.717, 1.165) is 9.52 Å². The van der Waals surface area contributed by atoms with Crippen LogP contribution in [0.15, 0.2) is 84.9 Å². The molecule has 2 unspecified atom stereocenters. The SMILES string of the molecule is CCC(C)c1cc2c(-c3cc(C)cc(C)c3C)cccc2[cH-]1.CCC(C)c1cc2c(-c3cc(C)cc(C)c3C)cccc2[cH-]1.C[Si]C.[Cl][Zr+2][Cl]. The van der Waals surface area contributed by atoms with Gasteiger partial charge >= 0.3 is 37.9 Å². The molecule has 4 heteroatoms. The monoisotopic (exact) mass is 796 g/mol. The Morgan fingerprint density at radius 1 is 0.580 bits per heavy atom. The third-order valence-corrected chi connectivity index (χ3v) is 10.1. The zero-order valence-electron chi connectivity index (χ0n) is 32.4. The summed E-state index contributed by atoms with van der Waals surface area (Å²) >= 11 is -0.826. The Labute approximate surface area is 325 Å². The van der Waals surface area contributed by atoms with E-state index in [1.165, 1.54) is 101 Å². The van der Waals surface area contributed by atoms with Crippen LogP contribution in [0.3, 0.4) is 0 Å². The van der Waals surface area contributed by atoms with Gasteiger partial charge in [-0.3, -0.25) is 0 Å². The Bertz CT molecular complexity index is 1830. The summed E-state index contributed by atoms with van der Waals surface area (Å²) < 4.78 is 0. The van der Waals surface area contributed by atoms with Crippen LogP contribution in [0, 0.1) is 41.5 Å². The van der Waals surface area contributed by atoms with Crippen LogP contribution in [0.1, 0.15) is 96.9 Å². The van der Waals surface area contributed by atoms with Gasteiger partial charge in [-0.25, -0.2) is 0 Å². The maximum absolute atomic E-state index is 4.93. The van der Waals surface area contributed by atoms with Crippen LogP contribution < -0.4 is 0 Å². The molecule has 0 bridgehead atoms. The number of halogens is 2. The molecule has 0 amide bonds. The van der Waals surface area contributed by atoms with Crippen molar-refractivity contribution in [1.82, 2.24) is 0 Å². The molecule has 2 atom stereocenters. The van der Waals surface area contributed by atoms with Crippen LogP contribution in [-0.4, -0.2) is 9.52 Å². The summed E-state index contributed by atoms with van der Waals surface area (Å²) in [5.41, 5.74) is 16.6. The van der Waals surface area contributed by atoms with Gasteiger partial charge in [0.25, 0.3) is 0 Å². The molecule has 0 heterocycles. The summed E-state index contributed by atoms with van der Waals surface area (Å²) in [7, 11) is 11.0. The number of hydrogen-bond acceptors (Lipinski definition) is 0. The molecular formula is C46H56Cl2SiZr. The maximum atomic E-state index is 4.93. The molecule has 262 valence electrons. The first kappa shape index (κ1) is 42.2. The molecule has 0 aliphatic heterocycles. The predicted molar refractivity (Wildman–Crippen MR) is 225 cm³/mol. The summed E-state index contributed by atoms with van der Waals surface area (Å²) in [5.74, 6) is 1.25. The van der Waals surface area contributed by atoms with Gasteiger partial charge in [0.1, 0.15) is 0 Å². The fourth-order valence-electron chi connectivity index (χ4n) is 6.67.